The van der Waals surface area contributed by atoms with Crippen LogP contribution < -0.4 is 5.32 Å². The molecule has 1 unspecified atom stereocenters. The number of rotatable bonds is 3. The summed E-state index contributed by atoms with van der Waals surface area (Å²) in [5, 5.41) is 7.03. The molecule has 0 aromatic heterocycles. The van der Waals surface area contributed by atoms with Crippen LogP contribution in [0.3, 0.4) is 0 Å². The molecule has 22 heavy (non-hydrogen) atoms. The maximum absolute atomic E-state index is 13.7. The molecular formula is C15H17F2N3O2. The lowest BCUT2D eigenvalue weighted by Crippen LogP contribution is -2.47. The molecule has 1 atom stereocenters. The van der Waals surface area contributed by atoms with E-state index in [1.54, 1.807) is 4.90 Å². The summed E-state index contributed by atoms with van der Waals surface area (Å²) >= 11 is 0. The van der Waals surface area contributed by atoms with Crippen molar-refractivity contribution in [3.63, 3.8) is 0 Å². The first-order valence-corrected chi connectivity index (χ1v) is 7.30. The summed E-state index contributed by atoms with van der Waals surface area (Å²) in [6, 6.07) is 3.34. The predicted octanol–water partition coefficient (Wildman–Crippen LogP) is 1.28. The van der Waals surface area contributed by atoms with Crippen molar-refractivity contribution in [3.05, 3.63) is 35.4 Å². The number of amides is 1. The van der Waals surface area contributed by atoms with Gasteiger partial charge in [-0.25, -0.2) is 8.78 Å². The zero-order valence-corrected chi connectivity index (χ0v) is 12.0. The molecule has 0 spiro atoms. The minimum Gasteiger partial charge on any atom is -0.391 e. The first kappa shape index (κ1) is 14.9. The first-order chi connectivity index (χ1) is 10.6. The minimum atomic E-state index is -0.670. The maximum Gasteiger partial charge on any atom is 0.226 e. The van der Waals surface area contributed by atoms with Gasteiger partial charge in [-0.1, -0.05) is 5.16 Å². The summed E-state index contributed by atoms with van der Waals surface area (Å²) in [5.41, 5.74) is 0.633. The zero-order valence-electron chi connectivity index (χ0n) is 12.0. The van der Waals surface area contributed by atoms with Crippen molar-refractivity contribution in [1.82, 2.24) is 10.2 Å². The lowest BCUT2D eigenvalue weighted by Gasteiger charge is -2.28. The monoisotopic (exact) mass is 309 g/mol. The zero-order chi connectivity index (χ0) is 15.5. The molecule has 0 radical (unpaired) electrons. The lowest BCUT2D eigenvalue weighted by atomic mass is 10.0. The van der Waals surface area contributed by atoms with Crippen molar-refractivity contribution in [1.29, 1.82) is 0 Å². The van der Waals surface area contributed by atoms with Gasteiger partial charge in [0.2, 0.25) is 5.91 Å². The first-order valence-electron chi connectivity index (χ1n) is 7.30. The van der Waals surface area contributed by atoms with Crippen molar-refractivity contribution in [3.8, 4) is 0 Å². The number of nitrogens with zero attached hydrogens (tertiary/aromatic N) is 2. The molecular weight excluding hydrogens is 292 g/mol. The fourth-order valence-corrected chi connectivity index (χ4v) is 2.66. The summed E-state index contributed by atoms with van der Waals surface area (Å²) in [4.78, 5) is 19.2. The number of carbonyl (C=O) groups is 1. The highest BCUT2D eigenvalue weighted by molar-refractivity contribution is 6.01. The molecule has 0 bridgehead atoms. The molecule has 2 heterocycles. The molecule has 5 nitrogen and oxygen atoms in total. The van der Waals surface area contributed by atoms with Gasteiger partial charge in [0.15, 0.2) is 0 Å². The number of oxime groups is 1. The van der Waals surface area contributed by atoms with E-state index in [1.807, 2.05) is 0 Å². The highest BCUT2D eigenvalue weighted by Crippen LogP contribution is 2.22. The van der Waals surface area contributed by atoms with Gasteiger partial charge in [0.25, 0.3) is 0 Å². The largest absolute Gasteiger partial charge is 0.391 e. The van der Waals surface area contributed by atoms with Crippen LogP contribution in [0.15, 0.2) is 23.4 Å². The van der Waals surface area contributed by atoms with Crippen LogP contribution in [0, 0.1) is 11.6 Å². The molecule has 2 aliphatic rings. The Labute approximate surface area is 126 Å². The third-order valence-electron chi connectivity index (χ3n) is 3.85. The van der Waals surface area contributed by atoms with Gasteiger partial charge in [-0.15, -0.1) is 0 Å². The third kappa shape index (κ3) is 3.24. The van der Waals surface area contributed by atoms with E-state index < -0.39 is 11.6 Å². The van der Waals surface area contributed by atoms with Crippen molar-refractivity contribution in [2.45, 2.75) is 18.9 Å². The molecule has 1 saturated heterocycles. The third-order valence-corrected chi connectivity index (χ3v) is 3.85. The second kappa shape index (κ2) is 6.39. The Bertz CT molecular complexity index is 600. The van der Waals surface area contributed by atoms with Crippen LogP contribution in [0.1, 0.15) is 18.4 Å². The molecule has 0 saturated carbocycles. The fraction of sp³-hybridized carbons (Fsp3) is 0.467. The van der Waals surface area contributed by atoms with E-state index in [9.17, 15) is 13.6 Å². The van der Waals surface area contributed by atoms with Crippen LogP contribution >= 0.6 is 0 Å². The lowest BCUT2D eigenvalue weighted by molar-refractivity contribution is -0.134. The second-order valence-electron chi connectivity index (χ2n) is 5.43. The average Bonchev–Trinajstić information content (AvgIpc) is 2.96. The average molecular weight is 309 g/mol. The standard InChI is InChI=1S/C15H17F2N3O2/c16-10-1-2-12(13(17)7-10)14-8-11(22-19-14)9-15(21)20-5-3-18-4-6-20/h1-2,7,11,18H,3-6,8-9H2. The van der Waals surface area contributed by atoms with Crippen LogP contribution in [-0.2, 0) is 9.63 Å². The Morgan fingerprint density at radius 2 is 2.14 bits per heavy atom. The van der Waals surface area contributed by atoms with Gasteiger partial charge < -0.3 is 15.1 Å². The fourth-order valence-electron chi connectivity index (χ4n) is 2.66. The second-order valence-corrected chi connectivity index (χ2v) is 5.43. The van der Waals surface area contributed by atoms with Gasteiger partial charge in [0, 0.05) is 44.2 Å². The molecule has 1 aromatic rings. The highest BCUT2D eigenvalue weighted by atomic mass is 19.1. The van der Waals surface area contributed by atoms with Crippen LogP contribution in [0.25, 0.3) is 0 Å². The van der Waals surface area contributed by atoms with Crippen LogP contribution in [-0.4, -0.2) is 48.8 Å². The summed E-state index contributed by atoms with van der Waals surface area (Å²) in [5.74, 6) is -1.29. The molecule has 1 aromatic carbocycles. The van der Waals surface area contributed by atoms with Crippen molar-refractivity contribution in [2.75, 3.05) is 26.2 Å². The molecule has 7 heteroatoms. The van der Waals surface area contributed by atoms with E-state index in [1.165, 1.54) is 12.1 Å². The van der Waals surface area contributed by atoms with Crippen LogP contribution in [0.5, 0.6) is 0 Å². The quantitative estimate of drug-likeness (QED) is 0.915. The van der Waals surface area contributed by atoms with Gasteiger partial charge in [0.1, 0.15) is 17.7 Å². The molecule has 2 aliphatic heterocycles. The van der Waals surface area contributed by atoms with E-state index in [2.05, 4.69) is 10.5 Å². The summed E-state index contributed by atoms with van der Waals surface area (Å²) in [7, 11) is 0. The van der Waals surface area contributed by atoms with E-state index in [4.69, 9.17) is 4.84 Å². The van der Waals surface area contributed by atoms with Gasteiger partial charge in [0.05, 0.1) is 12.1 Å². The maximum atomic E-state index is 13.7. The normalized spacial score (nSPS) is 21.5. The highest BCUT2D eigenvalue weighted by Gasteiger charge is 2.28. The minimum absolute atomic E-state index is 0.0162. The summed E-state index contributed by atoms with van der Waals surface area (Å²) in [6.45, 7) is 2.96. The summed E-state index contributed by atoms with van der Waals surface area (Å²) in [6.07, 6.45) is 0.178. The molecule has 1 fully saturated rings. The van der Waals surface area contributed by atoms with Gasteiger partial charge >= 0.3 is 0 Å². The van der Waals surface area contributed by atoms with Crippen LogP contribution in [0.2, 0.25) is 0 Å². The van der Waals surface area contributed by atoms with Crippen molar-refractivity contribution in [2.24, 2.45) is 5.16 Å². The Hall–Kier alpha value is -2.02. The van der Waals surface area contributed by atoms with Crippen LogP contribution in [0.4, 0.5) is 8.78 Å². The Morgan fingerprint density at radius 3 is 2.86 bits per heavy atom. The topological polar surface area (TPSA) is 53.9 Å². The molecule has 3 rings (SSSR count). The molecule has 118 valence electrons. The smallest absolute Gasteiger partial charge is 0.226 e. The van der Waals surface area contributed by atoms with Gasteiger partial charge in [-0.05, 0) is 12.1 Å². The van der Waals surface area contributed by atoms with Gasteiger partial charge in [-0.2, -0.15) is 0 Å². The number of piperazine rings is 1. The summed E-state index contributed by atoms with van der Waals surface area (Å²) < 4.78 is 26.6. The van der Waals surface area contributed by atoms with E-state index in [-0.39, 0.29) is 24.0 Å². The number of carbonyl (C=O) groups excluding carboxylic acids is 1. The Kier molecular flexibility index (Phi) is 4.33. The van der Waals surface area contributed by atoms with E-state index in [0.29, 0.717) is 25.2 Å². The van der Waals surface area contributed by atoms with E-state index >= 15 is 0 Å². The van der Waals surface area contributed by atoms with Crippen molar-refractivity contribution < 1.29 is 18.4 Å². The van der Waals surface area contributed by atoms with E-state index in [0.717, 1.165) is 19.2 Å². The Balaban J connectivity index is 1.58. The molecule has 1 N–H and O–H groups in total. The molecule has 1 amide bonds. The number of halogens is 2. The number of nitrogens with one attached hydrogen (secondary N) is 1. The van der Waals surface area contributed by atoms with Crippen molar-refractivity contribution >= 4 is 11.6 Å². The Morgan fingerprint density at radius 1 is 1.36 bits per heavy atom. The SMILES string of the molecule is O=C(CC1CC(c2ccc(F)cc2F)=NO1)N1CCNCC1. The number of benzene rings is 1. The predicted molar refractivity (Wildman–Crippen MR) is 76.5 cm³/mol. The number of hydrogen-bond donors (Lipinski definition) is 1. The van der Waals surface area contributed by atoms with Gasteiger partial charge in [-0.3, -0.25) is 4.79 Å². The number of hydrogen-bond acceptors (Lipinski definition) is 4. The molecule has 0 aliphatic carbocycles.